The second kappa shape index (κ2) is 4.70. The predicted molar refractivity (Wildman–Crippen MR) is 72.1 cm³/mol. The minimum atomic E-state index is -0.842. The first-order valence-corrected chi connectivity index (χ1v) is 6.64. The fourth-order valence-corrected chi connectivity index (χ4v) is 2.31. The van der Waals surface area contributed by atoms with Crippen LogP contribution in [0.4, 0.5) is 5.69 Å². The van der Waals surface area contributed by atoms with Gasteiger partial charge in [0.25, 0.3) is 5.91 Å². The molecule has 106 valence electrons. The number of carbonyl (C=O) groups excluding carboxylic acids is 1. The number of carboxylic acids is 1. The van der Waals surface area contributed by atoms with Gasteiger partial charge in [0.1, 0.15) is 6.61 Å². The normalized spacial score (nSPS) is 18.2. The van der Waals surface area contributed by atoms with Crippen LogP contribution in [0.1, 0.15) is 23.2 Å². The lowest BCUT2D eigenvalue weighted by Gasteiger charge is -2.21. The number of para-hydroxylation sites is 1. The van der Waals surface area contributed by atoms with E-state index in [4.69, 9.17) is 9.84 Å². The summed E-state index contributed by atoms with van der Waals surface area (Å²) in [5, 5.41) is 15.0. The highest BCUT2D eigenvalue weighted by Gasteiger charge is 2.50. The maximum atomic E-state index is 12.2. The Kier molecular flexibility index (Phi) is 3.00. The Labute approximate surface area is 116 Å². The van der Waals surface area contributed by atoms with Crippen molar-refractivity contribution in [2.75, 3.05) is 25.0 Å². The Morgan fingerprint density at radius 2 is 2.20 bits per heavy atom. The summed E-state index contributed by atoms with van der Waals surface area (Å²) < 4.78 is 5.53. The fraction of sp³-hybridized carbons (Fsp3) is 0.429. The molecule has 3 rings (SSSR count). The van der Waals surface area contributed by atoms with E-state index < -0.39 is 11.4 Å². The van der Waals surface area contributed by atoms with Crippen LogP contribution in [-0.2, 0) is 4.79 Å². The molecule has 2 aliphatic rings. The van der Waals surface area contributed by atoms with Crippen LogP contribution in [0.25, 0.3) is 0 Å². The molecule has 1 aliphatic heterocycles. The van der Waals surface area contributed by atoms with Gasteiger partial charge in [0.05, 0.1) is 16.7 Å². The Bertz CT molecular complexity index is 566. The monoisotopic (exact) mass is 276 g/mol. The molecular weight excluding hydrogens is 260 g/mol. The minimum absolute atomic E-state index is 0.165. The summed E-state index contributed by atoms with van der Waals surface area (Å²) in [6.45, 7) is 1.38. The molecule has 0 unspecified atom stereocenters. The number of hydrogen-bond donors (Lipinski definition) is 3. The molecule has 1 fully saturated rings. The molecule has 0 aromatic heterocycles. The number of rotatable bonds is 4. The Hall–Kier alpha value is -2.24. The van der Waals surface area contributed by atoms with Gasteiger partial charge in [-0.15, -0.1) is 0 Å². The SMILES string of the molecule is O=C(NCC1(C(=O)O)CC1)c1cccc2c1OCCN2. The molecule has 1 aromatic rings. The average molecular weight is 276 g/mol. The molecule has 0 atom stereocenters. The summed E-state index contributed by atoms with van der Waals surface area (Å²) in [5.74, 6) is -0.597. The number of carbonyl (C=O) groups is 2. The Balaban J connectivity index is 1.73. The van der Waals surface area contributed by atoms with Crippen molar-refractivity contribution in [3.8, 4) is 5.75 Å². The number of aliphatic carboxylic acids is 1. The quantitative estimate of drug-likeness (QED) is 0.766. The molecule has 1 saturated carbocycles. The highest BCUT2D eigenvalue weighted by atomic mass is 16.5. The summed E-state index contributed by atoms with van der Waals surface area (Å²) in [6.07, 6.45) is 1.24. The van der Waals surface area contributed by atoms with Gasteiger partial charge in [0, 0.05) is 13.1 Å². The predicted octanol–water partition coefficient (Wildman–Crippen LogP) is 1.09. The van der Waals surface area contributed by atoms with Crippen LogP contribution in [0.15, 0.2) is 18.2 Å². The largest absolute Gasteiger partial charge is 0.489 e. The summed E-state index contributed by atoms with van der Waals surface area (Å²) in [7, 11) is 0. The number of hydrogen-bond acceptors (Lipinski definition) is 4. The number of nitrogens with one attached hydrogen (secondary N) is 2. The Morgan fingerprint density at radius 3 is 2.90 bits per heavy atom. The lowest BCUT2D eigenvalue weighted by atomic mass is 10.1. The van der Waals surface area contributed by atoms with E-state index in [-0.39, 0.29) is 12.5 Å². The topological polar surface area (TPSA) is 87.7 Å². The van der Waals surface area contributed by atoms with Crippen LogP contribution in [-0.4, -0.2) is 36.7 Å². The van der Waals surface area contributed by atoms with Crippen molar-refractivity contribution in [2.24, 2.45) is 5.41 Å². The van der Waals surface area contributed by atoms with Gasteiger partial charge >= 0.3 is 5.97 Å². The number of amides is 1. The summed E-state index contributed by atoms with van der Waals surface area (Å²) >= 11 is 0. The zero-order valence-electron chi connectivity index (χ0n) is 10.9. The van der Waals surface area contributed by atoms with Crippen LogP contribution in [0.2, 0.25) is 0 Å². The van der Waals surface area contributed by atoms with E-state index in [0.29, 0.717) is 37.3 Å². The average Bonchev–Trinajstić information content (AvgIpc) is 3.25. The molecule has 6 heteroatoms. The van der Waals surface area contributed by atoms with Gasteiger partial charge < -0.3 is 20.5 Å². The van der Waals surface area contributed by atoms with E-state index in [0.717, 1.165) is 5.69 Å². The fourth-order valence-electron chi connectivity index (χ4n) is 2.31. The van der Waals surface area contributed by atoms with Crippen LogP contribution in [0.5, 0.6) is 5.75 Å². The van der Waals surface area contributed by atoms with Crippen molar-refractivity contribution in [3.63, 3.8) is 0 Å². The molecule has 3 N–H and O–H groups in total. The zero-order chi connectivity index (χ0) is 14.2. The summed E-state index contributed by atoms with van der Waals surface area (Å²) in [4.78, 5) is 23.3. The van der Waals surface area contributed by atoms with E-state index in [9.17, 15) is 9.59 Å². The molecule has 1 aromatic carbocycles. The first kappa shape index (κ1) is 12.8. The number of carboxylic acid groups (broad SMARTS) is 1. The molecule has 6 nitrogen and oxygen atoms in total. The number of anilines is 1. The second-order valence-electron chi connectivity index (χ2n) is 5.23. The lowest BCUT2D eigenvalue weighted by molar-refractivity contribution is -0.143. The first-order chi connectivity index (χ1) is 9.62. The van der Waals surface area contributed by atoms with Crippen LogP contribution >= 0.6 is 0 Å². The van der Waals surface area contributed by atoms with Gasteiger partial charge in [0.2, 0.25) is 0 Å². The van der Waals surface area contributed by atoms with Crippen molar-refractivity contribution < 1.29 is 19.4 Å². The van der Waals surface area contributed by atoms with Crippen LogP contribution < -0.4 is 15.4 Å². The van der Waals surface area contributed by atoms with E-state index in [1.165, 1.54) is 0 Å². The highest BCUT2D eigenvalue weighted by molar-refractivity contribution is 5.99. The van der Waals surface area contributed by atoms with Gasteiger partial charge in [-0.25, -0.2) is 0 Å². The zero-order valence-corrected chi connectivity index (χ0v) is 10.9. The molecule has 0 radical (unpaired) electrons. The van der Waals surface area contributed by atoms with Crippen molar-refractivity contribution in [1.29, 1.82) is 0 Å². The second-order valence-corrected chi connectivity index (χ2v) is 5.23. The van der Waals surface area contributed by atoms with Gasteiger partial charge in [-0.2, -0.15) is 0 Å². The summed E-state index contributed by atoms with van der Waals surface area (Å²) in [5.41, 5.74) is 0.475. The smallest absolute Gasteiger partial charge is 0.311 e. The maximum Gasteiger partial charge on any atom is 0.311 e. The minimum Gasteiger partial charge on any atom is -0.489 e. The van der Waals surface area contributed by atoms with E-state index in [1.54, 1.807) is 12.1 Å². The third-order valence-electron chi connectivity index (χ3n) is 3.82. The number of benzene rings is 1. The molecule has 0 saturated heterocycles. The van der Waals surface area contributed by atoms with Crippen molar-refractivity contribution >= 4 is 17.6 Å². The van der Waals surface area contributed by atoms with Crippen LogP contribution in [0, 0.1) is 5.41 Å². The standard InChI is InChI=1S/C14H16N2O4/c17-12(16-8-14(4-5-14)13(18)19)9-2-1-3-10-11(9)20-7-6-15-10/h1-3,15H,4-8H2,(H,16,17)(H,18,19). The molecular formula is C14H16N2O4. The van der Waals surface area contributed by atoms with E-state index in [2.05, 4.69) is 10.6 Å². The van der Waals surface area contributed by atoms with Gasteiger partial charge in [-0.3, -0.25) is 9.59 Å². The van der Waals surface area contributed by atoms with Gasteiger partial charge in [-0.1, -0.05) is 6.07 Å². The van der Waals surface area contributed by atoms with Gasteiger partial charge in [-0.05, 0) is 25.0 Å². The molecule has 1 aliphatic carbocycles. The molecule has 0 spiro atoms. The number of ether oxygens (including phenoxy) is 1. The molecule has 0 bridgehead atoms. The molecule has 1 heterocycles. The van der Waals surface area contributed by atoms with E-state index >= 15 is 0 Å². The maximum absolute atomic E-state index is 12.2. The van der Waals surface area contributed by atoms with Gasteiger partial charge in [0.15, 0.2) is 5.75 Å². The first-order valence-electron chi connectivity index (χ1n) is 6.64. The van der Waals surface area contributed by atoms with E-state index in [1.807, 2.05) is 6.07 Å². The van der Waals surface area contributed by atoms with Crippen molar-refractivity contribution in [3.05, 3.63) is 23.8 Å². The Morgan fingerprint density at radius 1 is 1.40 bits per heavy atom. The molecule has 1 amide bonds. The summed E-state index contributed by atoms with van der Waals surface area (Å²) in [6, 6.07) is 5.31. The van der Waals surface area contributed by atoms with Crippen LogP contribution in [0.3, 0.4) is 0 Å². The number of fused-ring (bicyclic) bond motifs is 1. The van der Waals surface area contributed by atoms with Crippen molar-refractivity contribution in [2.45, 2.75) is 12.8 Å². The lowest BCUT2D eigenvalue weighted by Crippen LogP contribution is -2.34. The van der Waals surface area contributed by atoms with Crippen molar-refractivity contribution in [1.82, 2.24) is 5.32 Å². The highest BCUT2D eigenvalue weighted by Crippen LogP contribution is 2.45. The molecule has 20 heavy (non-hydrogen) atoms. The third kappa shape index (κ3) is 2.17. The third-order valence-corrected chi connectivity index (χ3v) is 3.82.